The molecule has 1 saturated carbocycles. The van der Waals surface area contributed by atoms with Crippen LogP contribution in [0, 0.1) is 12.3 Å². The zero-order chi connectivity index (χ0) is 11.2. The normalized spacial score (nSPS) is 27.5. The number of hydrogen-bond acceptors (Lipinski definition) is 2. The summed E-state index contributed by atoms with van der Waals surface area (Å²) in [7, 11) is 1.72. The Morgan fingerprint density at radius 2 is 1.93 bits per heavy atom. The molecule has 2 N–H and O–H groups in total. The van der Waals surface area contributed by atoms with Crippen LogP contribution in [0.2, 0.25) is 0 Å². The third-order valence-corrected chi connectivity index (χ3v) is 3.63. The number of rotatable bonds is 2. The third-order valence-electron chi connectivity index (χ3n) is 3.63. The second-order valence-corrected chi connectivity index (χ2v) is 5.07. The van der Waals surface area contributed by atoms with Crippen molar-refractivity contribution in [3.05, 3.63) is 29.3 Å². The Kier molecular flexibility index (Phi) is 2.27. The highest BCUT2D eigenvalue weighted by atomic mass is 16.5. The standard InChI is InChI=1S/C13H19NO/c1-8-5-6-10(15-4)9(7-8)11-12(14)13(11,2)3/h5-7,11-12H,14H2,1-4H3/t11-,12-/m1/s1. The van der Waals surface area contributed by atoms with Gasteiger partial charge in [0.05, 0.1) is 7.11 Å². The molecule has 0 radical (unpaired) electrons. The van der Waals surface area contributed by atoms with Crippen molar-refractivity contribution in [1.82, 2.24) is 0 Å². The molecular formula is C13H19NO. The first-order chi connectivity index (χ1) is 6.98. The van der Waals surface area contributed by atoms with Gasteiger partial charge in [0.2, 0.25) is 0 Å². The molecule has 0 unspecified atom stereocenters. The van der Waals surface area contributed by atoms with Gasteiger partial charge in [0, 0.05) is 12.0 Å². The Morgan fingerprint density at radius 1 is 1.33 bits per heavy atom. The maximum absolute atomic E-state index is 6.09. The van der Waals surface area contributed by atoms with Gasteiger partial charge in [0.25, 0.3) is 0 Å². The Bertz CT molecular complexity index is 384. The van der Waals surface area contributed by atoms with Crippen LogP contribution in [0.3, 0.4) is 0 Å². The van der Waals surface area contributed by atoms with Crippen molar-refractivity contribution >= 4 is 0 Å². The van der Waals surface area contributed by atoms with Gasteiger partial charge < -0.3 is 10.5 Å². The first-order valence-corrected chi connectivity index (χ1v) is 5.38. The molecule has 2 nitrogen and oxygen atoms in total. The van der Waals surface area contributed by atoms with Crippen molar-refractivity contribution in [1.29, 1.82) is 0 Å². The molecule has 0 spiro atoms. The molecule has 1 aliphatic carbocycles. The maximum atomic E-state index is 6.09. The van der Waals surface area contributed by atoms with E-state index in [1.165, 1.54) is 11.1 Å². The van der Waals surface area contributed by atoms with Gasteiger partial charge >= 0.3 is 0 Å². The van der Waals surface area contributed by atoms with Crippen LogP contribution < -0.4 is 10.5 Å². The molecule has 2 rings (SSSR count). The van der Waals surface area contributed by atoms with Crippen LogP contribution >= 0.6 is 0 Å². The van der Waals surface area contributed by atoms with E-state index in [-0.39, 0.29) is 11.5 Å². The van der Waals surface area contributed by atoms with E-state index in [9.17, 15) is 0 Å². The molecule has 82 valence electrons. The van der Waals surface area contributed by atoms with Crippen molar-refractivity contribution < 1.29 is 4.74 Å². The first kappa shape index (κ1) is 10.5. The average molecular weight is 205 g/mol. The van der Waals surface area contributed by atoms with E-state index in [4.69, 9.17) is 10.5 Å². The number of ether oxygens (including phenoxy) is 1. The number of hydrogen-bond donors (Lipinski definition) is 1. The summed E-state index contributed by atoms with van der Waals surface area (Å²) in [5, 5.41) is 0. The topological polar surface area (TPSA) is 35.2 Å². The Labute approximate surface area is 91.4 Å². The molecule has 0 bridgehead atoms. The van der Waals surface area contributed by atoms with Crippen molar-refractivity contribution in [3.8, 4) is 5.75 Å². The number of benzene rings is 1. The highest BCUT2D eigenvalue weighted by Gasteiger charge is 2.57. The zero-order valence-corrected chi connectivity index (χ0v) is 9.87. The molecule has 1 aromatic carbocycles. The summed E-state index contributed by atoms with van der Waals surface area (Å²) in [6, 6.07) is 6.56. The maximum Gasteiger partial charge on any atom is 0.122 e. The fourth-order valence-electron chi connectivity index (χ4n) is 2.37. The van der Waals surface area contributed by atoms with E-state index in [0.717, 1.165) is 5.75 Å². The van der Waals surface area contributed by atoms with Crippen molar-refractivity contribution in [2.24, 2.45) is 11.1 Å². The lowest BCUT2D eigenvalue weighted by molar-refractivity contribution is 0.407. The van der Waals surface area contributed by atoms with Gasteiger partial charge in [-0.25, -0.2) is 0 Å². The van der Waals surface area contributed by atoms with Crippen molar-refractivity contribution in [2.75, 3.05) is 7.11 Å². The highest BCUT2D eigenvalue weighted by molar-refractivity contribution is 5.46. The minimum absolute atomic E-state index is 0.209. The van der Waals surface area contributed by atoms with Gasteiger partial charge in [-0.3, -0.25) is 0 Å². The minimum atomic E-state index is 0.209. The van der Waals surface area contributed by atoms with Gasteiger partial charge in [0.15, 0.2) is 0 Å². The first-order valence-electron chi connectivity index (χ1n) is 5.38. The minimum Gasteiger partial charge on any atom is -0.496 e. The molecule has 1 fully saturated rings. The van der Waals surface area contributed by atoms with E-state index in [1.807, 2.05) is 6.07 Å². The van der Waals surface area contributed by atoms with Gasteiger partial charge in [-0.05, 0) is 24.0 Å². The number of methoxy groups -OCH3 is 1. The Morgan fingerprint density at radius 3 is 2.40 bits per heavy atom. The van der Waals surface area contributed by atoms with Gasteiger partial charge in [-0.15, -0.1) is 0 Å². The van der Waals surface area contributed by atoms with Crippen LogP contribution in [-0.2, 0) is 0 Å². The molecular weight excluding hydrogens is 186 g/mol. The molecule has 2 heteroatoms. The third kappa shape index (κ3) is 1.53. The Balaban J connectivity index is 2.40. The van der Waals surface area contributed by atoms with Crippen LogP contribution in [-0.4, -0.2) is 13.2 Å². The van der Waals surface area contributed by atoms with Crippen molar-refractivity contribution in [3.63, 3.8) is 0 Å². The lowest BCUT2D eigenvalue weighted by Gasteiger charge is -2.10. The van der Waals surface area contributed by atoms with Crippen LogP contribution in [0.5, 0.6) is 5.75 Å². The fourth-order valence-corrected chi connectivity index (χ4v) is 2.37. The van der Waals surface area contributed by atoms with Crippen LogP contribution in [0.4, 0.5) is 0 Å². The summed E-state index contributed by atoms with van der Waals surface area (Å²) in [4.78, 5) is 0. The fraction of sp³-hybridized carbons (Fsp3) is 0.538. The smallest absolute Gasteiger partial charge is 0.122 e. The summed E-state index contributed by atoms with van der Waals surface area (Å²) in [6.07, 6.45) is 0. The molecule has 1 aliphatic rings. The lowest BCUT2D eigenvalue weighted by atomic mass is 10.0. The largest absolute Gasteiger partial charge is 0.496 e. The van der Waals surface area contributed by atoms with E-state index in [1.54, 1.807) is 7.11 Å². The van der Waals surface area contributed by atoms with Crippen LogP contribution in [0.15, 0.2) is 18.2 Å². The van der Waals surface area contributed by atoms with Gasteiger partial charge in [-0.2, -0.15) is 0 Å². The number of aryl methyl sites for hydroxylation is 1. The second-order valence-electron chi connectivity index (χ2n) is 5.07. The Hall–Kier alpha value is -1.02. The quantitative estimate of drug-likeness (QED) is 0.805. The zero-order valence-electron chi connectivity index (χ0n) is 9.87. The molecule has 2 atom stereocenters. The number of nitrogens with two attached hydrogens (primary N) is 1. The summed E-state index contributed by atoms with van der Waals surface area (Å²) >= 11 is 0. The lowest BCUT2D eigenvalue weighted by Crippen LogP contribution is -2.06. The second kappa shape index (κ2) is 3.24. The van der Waals surface area contributed by atoms with Crippen LogP contribution in [0.25, 0.3) is 0 Å². The molecule has 0 heterocycles. The molecule has 0 aliphatic heterocycles. The molecule has 0 aromatic heterocycles. The molecule has 0 saturated heterocycles. The van der Waals surface area contributed by atoms with E-state index in [0.29, 0.717) is 5.92 Å². The summed E-state index contributed by atoms with van der Waals surface area (Å²) in [5.74, 6) is 1.40. The average Bonchev–Trinajstić information content (AvgIpc) is 2.66. The van der Waals surface area contributed by atoms with Crippen molar-refractivity contribution in [2.45, 2.75) is 32.7 Å². The van der Waals surface area contributed by atoms with Gasteiger partial charge in [0.1, 0.15) is 5.75 Å². The van der Waals surface area contributed by atoms with Gasteiger partial charge in [-0.1, -0.05) is 31.5 Å². The predicted octanol–water partition coefficient (Wildman–Crippen LogP) is 2.45. The molecule has 0 amide bonds. The van der Waals surface area contributed by atoms with E-state index in [2.05, 4.69) is 32.9 Å². The summed E-state index contributed by atoms with van der Waals surface area (Å²) < 4.78 is 5.39. The van der Waals surface area contributed by atoms with E-state index < -0.39 is 0 Å². The molecule has 1 aromatic rings. The van der Waals surface area contributed by atoms with Crippen LogP contribution in [0.1, 0.15) is 30.9 Å². The highest BCUT2D eigenvalue weighted by Crippen LogP contribution is 2.59. The summed E-state index contributed by atoms with van der Waals surface area (Å²) in [6.45, 7) is 6.53. The SMILES string of the molecule is COc1ccc(C)cc1[C@@H]1[C@@H](N)C1(C)C. The predicted molar refractivity (Wildman–Crippen MR) is 62.2 cm³/mol. The van der Waals surface area contributed by atoms with E-state index >= 15 is 0 Å². The summed E-state index contributed by atoms with van der Waals surface area (Å²) in [5.41, 5.74) is 8.83. The monoisotopic (exact) mass is 205 g/mol. The molecule has 15 heavy (non-hydrogen) atoms.